The number of amides is 2. The summed E-state index contributed by atoms with van der Waals surface area (Å²) in [4.78, 5) is 13.8. The molecule has 2 heterocycles. The number of aliphatic hydroxyl groups is 1. The van der Waals surface area contributed by atoms with Crippen molar-refractivity contribution in [3.05, 3.63) is 48.0 Å². The number of nitrogens with zero attached hydrogens (tertiary/aromatic N) is 3. The zero-order valence-electron chi connectivity index (χ0n) is 14.8. The molecule has 1 aliphatic rings. The zero-order chi connectivity index (χ0) is 18.7. The van der Waals surface area contributed by atoms with E-state index in [1.54, 1.807) is 34.1 Å². The van der Waals surface area contributed by atoms with Gasteiger partial charge in [-0.25, -0.2) is 13.9 Å². The normalized spacial score (nSPS) is 20.0. The van der Waals surface area contributed by atoms with Crippen LogP contribution in [0.25, 0.3) is 5.69 Å². The third-order valence-corrected chi connectivity index (χ3v) is 4.14. The van der Waals surface area contributed by atoms with Crippen LogP contribution in [0.3, 0.4) is 0 Å². The Hall–Kier alpha value is -2.45. The van der Waals surface area contributed by atoms with Crippen molar-refractivity contribution in [3.63, 3.8) is 0 Å². The van der Waals surface area contributed by atoms with Gasteiger partial charge in [-0.1, -0.05) is 0 Å². The van der Waals surface area contributed by atoms with Crippen LogP contribution < -0.4 is 5.32 Å². The average molecular weight is 362 g/mol. The topological polar surface area (TPSA) is 79.6 Å². The number of nitrogens with one attached hydrogen (secondary N) is 1. The Bertz CT molecular complexity index is 747. The molecule has 1 aromatic heterocycles. The van der Waals surface area contributed by atoms with Crippen LogP contribution in [0.4, 0.5) is 9.18 Å². The fourth-order valence-corrected chi connectivity index (χ4v) is 2.88. The zero-order valence-corrected chi connectivity index (χ0v) is 14.8. The minimum Gasteiger partial charge on any atom is -0.388 e. The fourth-order valence-electron chi connectivity index (χ4n) is 2.88. The van der Waals surface area contributed by atoms with Gasteiger partial charge in [0.25, 0.3) is 0 Å². The smallest absolute Gasteiger partial charge is 0.317 e. The highest BCUT2D eigenvalue weighted by molar-refractivity contribution is 5.74. The van der Waals surface area contributed by atoms with Gasteiger partial charge in [0.15, 0.2) is 0 Å². The lowest BCUT2D eigenvalue weighted by molar-refractivity contribution is -0.0393. The predicted octanol–water partition coefficient (Wildman–Crippen LogP) is 1.69. The van der Waals surface area contributed by atoms with Crippen molar-refractivity contribution in [3.8, 4) is 5.69 Å². The Labute approximate surface area is 151 Å². The molecule has 0 saturated carbocycles. The number of aliphatic hydroxyl groups excluding tert-OH is 1. The lowest BCUT2D eigenvalue weighted by Gasteiger charge is -2.18. The van der Waals surface area contributed by atoms with E-state index in [1.807, 2.05) is 13.8 Å². The minimum atomic E-state index is -0.677. The van der Waals surface area contributed by atoms with E-state index in [-0.39, 0.29) is 30.6 Å². The van der Waals surface area contributed by atoms with Crippen LogP contribution >= 0.6 is 0 Å². The van der Waals surface area contributed by atoms with Crippen molar-refractivity contribution in [2.45, 2.75) is 38.7 Å². The van der Waals surface area contributed by atoms with E-state index >= 15 is 0 Å². The molecule has 1 saturated heterocycles. The molecule has 0 bridgehead atoms. The first kappa shape index (κ1) is 18.3. The standard InChI is InChI=1S/C18H23FN4O3/c1-12(2)26-17-11-22(10-16(17)24)18(25)20-7-13-8-21-23(9-13)15-5-3-14(19)4-6-15/h3-6,8-9,12,16-17,24H,7,10-11H2,1-2H3,(H,20,25)/t16-,17-/m0/s1. The monoisotopic (exact) mass is 362 g/mol. The average Bonchev–Trinajstić information content (AvgIpc) is 3.20. The number of hydrogen-bond donors (Lipinski definition) is 2. The van der Waals surface area contributed by atoms with Crippen LogP contribution in [-0.2, 0) is 11.3 Å². The van der Waals surface area contributed by atoms with Crippen LogP contribution in [0.2, 0.25) is 0 Å². The number of β-amino-alcohol motifs (C(OH)–C–C–N with tert-alkyl or cyclic N) is 1. The van der Waals surface area contributed by atoms with Gasteiger partial charge in [-0.15, -0.1) is 0 Å². The summed E-state index contributed by atoms with van der Waals surface area (Å²) in [6.45, 7) is 4.71. The Morgan fingerprint density at radius 1 is 1.38 bits per heavy atom. The van der Waals surface area contributed by atoms with Crippen LogP contribution in [0.15, 0.2) is 36.7 Å². The van der Waals surface area contributed by atoms with E-state index in [2.05, 4.69) is 10.4 Å². The fraction of sp³-hybridized carbons (Fsp3) is 0.444. The summed E-state index contributed by atoms with van der Waals surface area (Å²) in [5.74, 6) is -0.305. The maximum Gasteiger partial charge on any atom is 0.317 e. The number of carbonyl (C=O) groups excluding carboxylic acids is 1. The second-order valence-electron chi connectivity index (χ2n) is 6.62. The molecule has 140 valence electrons. The van der Waals surface area contributed by atoms with E-state index in [0.29, 0.717) is 13.1 Å². The molecular weight excluding hydrogens is 339 g/mol. The van der Waals surface area contributed by atoms with Crippen molar-refractivity contribution >= 4 is 6.03 Å². The van der Waals surface area contributed by atoms with Gasteiger partial charge in [-0.05, 0) is 38.1 Å². The van der Waals surface area contributed by atoms with Crippen LogP contribution in [0.5, 0.6) is 0 Å². The Morgan fingerprint density at radius 2 is 2.12 bits per heavy atom. The van der Waals surface area contributed by atoms with E-state index in [4.69, 9.17) is 4.74 Å². The maximum atomic E-state index is 13.0. The molecule has 7 nitrogen and oxygen atoms in total. The first-order valence-corrected chi connectivity index (χ1v) is 8.58. The highest BCUT2D eigenvalue weighted by Gasteiger charge is 2.35. The van der Waals surface area contributed by atoms with Gasteiger partial charge in [0.05, 0.1) is 37.2 Å². The van der Waals surface area contributed by atoms with Gasteiger partial charge < -0.3 is 20.1 Å². The largest absolute Gasteiger partial charge is 0.388 e. The number of hydrogen-bond acceptors (Lipinski definition) is 4. The van der Waals surface area contributed by atoms with Crippen molar-refractivity contribution in [1.82, 2.24) is 20.0 Å². The van der Waals surface area contributed by atoms with Gasteiger partial charge in [0, 0.05) is 18.3 Å². The molecule has 0 unspecified atom stereocenters. The lowest BCUT2D eigenvalue weighted by Crippen LogP contribution is -2.39. The van der Waals surface area contributed by atoms with E-state index in [0.717, 1.165) is 11.3 Å². The first-order chi connectivity index (χ1) is 12.4. The predicted molar refractivity (Wildman–Crippen MR) is 93.3 cm³/mol. The summed E-state index contributed by atoms with van der Waals surface area (Å²) >= 11 is 0. The second-order valence-corrected chi connectivity index (χ2v) is 6.62. The maximum absolute atomic E-state index is 13.0. The van der Waals surface area contributed by atoms with E-state index in [1.165, 1.54) is 12.1 Å². The summed E-state index contributed by atoms with van der Waals surface area (Å²) in [6.07, 6.45) is 2.38. The molecule has 2 amide bonds. The number of likely N-dealkylation sites (tertiary alicyclic amines) is 1. The van der Waals surface area contributed by atoms with Crippen LogP contribution in [0, 0.1) is 5.82 Å². The summed E-state index contributed by atoms with van der Waals surface area (Å²) < 4.78 is 20.2. The molecule has 26 heavy (non-hydrogen) atoms. The van der Waals surface area contributed by atoms with Crippen molar-refractivity contribution in [2.24, 2.45) is 0 Å². The molecule has 0 aliphatic carbocycles. The highest BCUT2D eigenvalue weighted by Crippen LogP contribution is 2.16. The Balaban J connectivity index is 1.53. The highest BCUT2D eigenvalue weighted by atomic mass is 19.1. The molecule has 8 heteroatoms. The molecule has 0 spiro atoms. The number of aromatic nitrogens is 2. The molecule has 2 N–H and O–H groups in total. The summed E-state index contributed by atoms with van der Waals surface area (Å²) in [5, 5.41) is 17.0. The third kappa shape index (κ3) is 4.39. The van der Waals surface area contributed by atoms with E-state index < -0.39 is 6.10 Å². The quantitative estimate of drug-likeness (QED) is 0.848. The second kappa shape index (κ2) is 7.84. The molecule has 1 aliphatic heterocycles. The number of urea groups is 1. The van der Waals surface area contributed by atoms with Gasteiger partial charge in [0.2, 0.25) is 0 Å². The number of rotatable bonds is 5. The summed E-state index contributed by atoms with van der Waals surface area (Å²) in [6, 6.07) is 5.74. The van der Waals surface area contributed by atoms with Crippen molar-refractivity contribution < 1.29 is 19.0 Å². The van der Waals surface area contributed by atoms with Gasteiger partial charge in [0.1, 0.15) is 11.9 Å². The SMILES string of the molecule is CC(C)O[C@H]1CN(C(=O)NCc2cnn(-c3ccc(F)cc3)c2)C[C@@H]1O. The number of benzene rings is 1. The van der Waals surface area contributed by atoms with Gasteiger partial charge in [-0.2, -0.15) is 5.10 Å². The molecule has 2 aromatic rings. The van der Waals surface area contributed by atoms with Gasteiger partial charge >= 0.3 is 6.03 Å². The number of carbonyl (C=O) groups is 1. The Morgan fingerprint density at radius 3 is 2.81 bits per heavy atom. The molecule has 0 radical (unpaired) electrons. The van der Waals surface area contributed by atoms with E-state index in [9.17, 15) is 14.3 Å². The number of halogens is 1. The summed E-state index contributed by atoms with van der Waals surface area (Å²) in [5.41, 5.74) is 1.55. The van der Waals surface area contributed by atoms with Gasteiger partial charge in [-0.3, -0.25) is 0 Å². The third-order valence-electron chi connectivity index (χ3n) is 4.14. The molecule has 2 atom stereocenters. The summed E-state index contributed by atoms with van der Waals surface area (Å²) in [7, 11) is 0. The Kier molecular flexibility index (Phi) is 5.53. The molecule has 1 aromatic carbocycles. The molecule has 1 fully saturated rings. The lowest BCUT2D eigenvalue weighted by atomic mass is 10.2. The molecular formula is C18H23FN4O3. The van der Waals surface area contributed by atoms with Crippen LogP contribution in [0.1, 0.15) is 19.4 Å². The number of ether oxygens (including phenoxy) is 1. The van der Waals surface area contributed by atoms with Crippen molar-refractivity contribution in [2.75, 3.05) is 13.1 Å². The van der Waals surface area contributed by atoms with Crippen LogP contribution in [-0.4, -0.2) is 57.2 Å². The molecule has 3 rings (SSSR count). The minimum absolute atomic E-state index is 0.00467. The first-order valence-electron chi connectivity index (χ1n) is 8.58. The van der Waals surface area contributed by atoms with Crippen molar-refractivity contribution in [1.29, 1.82) is 0 Å².